The van der Waals surface area contributed by atoms with Crippen LogP contribution in [0.2, 0.25) is 0 Å². The fourth-order valence-corrected chi connectivity index (χ4v) is 4.34. The highest BCUT2D eigenvalue weighted by atomic mass is 16.5. The fraction of sp³-hybridized carbons (Fsp3) is 0.0323. The zero-order valence-electron chi connectivity index (χ0n) is 22.4. The second-order valence-corrected chi connectivity index (χ2v) is 9.05. The Morgan fingerprint density at radius 3 is 2.40 bits per heavy atom. The van der Waals surface area contributed by atoms with Crippen molar-refractivity contribution in [1.29, 1.82) is 0 Å². The molecule has 6 aromatic rings. The summed E-state index contributed by atoms with van der Waals surface area (Å²) in [5.74, 6) is 2.04. The molecule has 6 rings (SSSR count). The number of para-hydroxylation sites is 1. The van der Waals surface area contributed by atoms with E-state index in [4.69, 9.17) is 9.47 Å². The van der Waals surface area contributed by atoms with Gasteiger partial charge in [-0.3, -0.25) is 5.32 Å². The van der Waals surface area contributed by atoms with Gasteiger partial charge in [-0.1, -0.05) is 42.5 Å². The predicted octanol–water partition coefficient (Wildman–Crippen LogP) is 6.71. The number of anilines is 4. The smallest absolute Gasteiger partial charge is 0.324 e. The topological polar surface area (TPSA) is 135 Å². The molecule has 2 aromatic heterocycles. The number of fused-ring (bicyclic) bond motifs is 1. The van der Waals surface area contributed by atoms with Gasteiger partial charge in [-0.2, -0.15) is 4.98 Å². The third-order valence-electron chi connectivity index (χ3n) is 6.26. The van der Waals surface area contributed by atoms with E-state index in [-0.39, 0.29) is 11.7 Å². The van der Waals surface area contributed by atoms with Crippen LogP contribution in [0.3, 0.4) is 0 Å². The number of nitrogens with zero attached hydrogens (tertiary/aromatic N) is 4. The highest BCUT2D eigenvalue weighted by Gasteiger charge is 2.15. The van der Waals surface area contributed by atoms with Gasteiger partial charge in [0.15, 0.2) is 0 Å². The van der Waals surface area contributed by atoms with Gasteiger partial charge in [0.05, 0.1) is 18.5 Å². The predicted molar refractivity (Wildman–Crippen MR) is 160 cm³/mol. The van der Waals surface area contributed by atoms with E-state index in [0.29, 0.717) is 34.7 Å². The Balaban J connectivity index is 1.21. The zero-order valence-corrected chi connectivity index (χ0v) is 22.4. The molecule has 0 aliphatic heterocycles. The quantitative estimate of drug-likeness (QED) is 0.162. The number of aromatic hydroxyl groups is 1. The van der Waals surface area contributed by atoms with Crippen LogP contribution in [0.25, 0.3) is 16.5 Å². The third-order valence-corrected chi connectivity index (χ3v) is 6.26. The molecule has 11 nitrogen and oxygen atoms in total. The fourth-order valence-electron chi connectivity index (χ4n) is 4.34. The molecule has 0 saturated carbocycles. The molecule has 0 aliphatic carbocycles. The molecule has 0 saturated heterocycles. The summed E-state index contributed by atoms with van der Waals surface area (Å²) >= 11 is 0. The average molecular weight is 560 g/mol. The van der Waals surface area contributed by atoms with Gasteiger partial charge in [0, 0.05) is 34.8 Å². The van der Waals surface area contributed by atoms with Crippen molar-refractivity contribution in [2.24, 2.45) is 0 Å². The van der Waals surface area contributed by atoms with Gasteiger partial charge < -0.3 is 25.2 Å². The summed E-state index contributed by atoms with van der Waals surface area (Å²) in [5, 5.41) is 24.4. The second-order valence-electron chi connectivity index (χ2n) is 9.05. The number of carbonyl (C=O) groups is 1. The Kier molecular flexibility index (Phi) is 7.20. The van der Waals surface area contributed by atoms with Crippen LogP contribution in [-0.4, -0.2) is 38.0 Å². The van der Waals surface area contributed by atoms with Crippen molar-refractivity contribution in [3.05, 3.63) is 109 Å². The van der Waals surface area contributed by atoms with Gasteiger partial charge in [-0.25, -0.2) is 14.5 Å². The van der Waals surface area contributed by atoms with Crippen molar-refractivity contribution in [2.45, 2.75) is 0 Å². The second kappa shape index (κ2) is 11.6. The average Bonchev–Trinajstić information content (AvgIpc) is 3.38. The monoisotopic (exact) mass is 559 g/mol. The summed E-state index contributed by atoms with van der Waals surface area (Å²) in [7, 11) is 1.57. The highest BCUT2D eigenvalue weighted by molar-refractivity contribution is 6.07. The van der Waals surface area contributed by atoms with Crippen LogP contribution in [0, 0.1) is 0 Å². The van der Waals surface area contributed by atoms with Crippen molar-refractivity contribution in [2.75, 3.05) is 23.1 Å². The summed E-state index contributed by atoms with van der Waals surface area (Å²) in [5.41, 5.74) is 2.05. The molecule has 2 amide bonds. The molecule has 208 valence electrons. The van der Waals surface area contributed by atoms with Gasteiger partial charge in [-0.15, -0.1) is 5.10 Å². The molecule has 0 unspecified atom stereocenters. The first-order valence-corrected chi connectivity index (χ1v) is 12.9. The van der Waals surface area contributed by atoms with Crippen molar-refractivity contribution >= 4 is 39.9 Å². The van der Waals surface area contributed by atoms with Crippen molar-refractivity contribution < 1.29 is 19.4 Å². The van der Waals surface area contributed by atoms with Gasteiger partial charge in [0.25, 0.3) is 0 Å². The summed E-state index contributed by atoms with van der Waals surface area (Å²) < 4.78 is 12.8. The number of nitrogens with one attached hydrogen (secondary N) is 3. The molecular weight excluding hydrogens is 534 g/mol. The molecule has 42 heavy (non-hydrogen) atoms. The number of ether oxygens (including phenoxy) is 2. The first-order chi connectivity index (χ1) is 20.6. The Morgan fingerprint density at radius 2 is 1.62 bits per heavy atom. The lowest BCUT2D eigenvalue weighted by atomic mass is 10.1. The third kappa shape index (κ3) is 5.75. The van der Waals surface area contributed by atoms with Gasteiger partial charge in [0.2, 0.25) is 17.7 Å². The molecule has 11 heteroatoms. The molecule has 0 atom stereocenters. The first-order valence-electron chi connectivity index (χ1n) is 12.9. The summed E-state index contributed by atoms with van der Waals surface area (Å²) in [6.45, 7) is 0. The van der Waals surface area contributed by atoms with E-state index in [0.717, 1.165) is 16.5 Å². The first kappa shape index (κ1) is 26.1. The molecular formula is C31H25N7O4. The van der Waals surface area contributed by atoms with Crippen LogP contribution in [0.1, 0.15) is 0 Å². The zero-order chi connectivity index (χ0) is 28.9. The Bertz CT molecular complexity index is 1860. The minimum absolute atomic E-state index is 0.236. The SMILES string of the molecule is COc1ccc(-n2nc(O)cc2NC(=O)Nc2ccc(Oc3ccnc(Nc4ccccc4)n3)c3ccccc23)cc1. The van der Waals surface area contributed by atoms with Gasteiger partial charge in [-0.05, 0) is 48.5 Å². The minimum Gasteiger partial charge on any atom is -0.497 e. The van der Waals surface area contributed by atoms with E-state index >= 15 is 0 Å². The lowest BCUT2D eigenvalue weighted by Crippen LogP contribution is -2.21. The maximum absolute atomic E-state index is 13.1. The van der Waals surface area contributed by atoms with Crippen LogP contribution in [-0.2, 0) is 0 Å². The van der Waals surface area contributed by atoms with Gasteiger partial charge in [0.1, 0.15) is 17.3 Å². The summed E-state index contributed by atoms with van der Waals surface area (Å²) in [6, 6.07) is 30.2. The number of rotatable bonds is 8. The van der Waals surface area contributed by atoms with Crippen LogP contribution < -0.4 is 25.4 Å². The van der Waals surface area contributed by atoms with Crippen LogP contribution in [0.5, 0.6) is 23.3 Å². The molecule has 4 N–H and O–H groups in total. The standard InChI is InChI=1S/C31H25N7O4/c1-41-22-13-11-21(12-14-22)38-27(19-28(39)37-38)35-31(40)34-25-15-16-26(24-10-6-5-9-23(24)25)42-29-17-18-32-30(36-29)33-20-7-3-2-4-8-20/h2-19H,1H3,(H,37,39)(H,32,33,36)(H2,34,35,40). The maximum Gasteiger partial charge on any atom is 0.324 e. The van der Waals surface area contributed by atoms with E-state index < -0.39 is 6.03 Å². The Morgan fingerprint density at radius 1 is 0.857 bits per heavy atom. The van der Waals surface area contributed by atoms with Crippen molar-refractivity contribution in [3.63, 3.8) is 0 Å². The lowest BCUT2D eigenvalue weighted by Gasteiger charge is -2.14. The van der Waals surface area contributed by atoms with Crippen molar-refractivity contribution in [1.82, 2.24) is 19.7 Å². The number of carbonyl (C=O) groups excluding carboxylic acids is 1. The number of amides is 2. The molecule has 0 bridgehead atoms. The summed E-state index contributed by atoms with van der Waals surface area (Å²) in [6.07, 6.45) is 1.62. The largest absolute Gasteiger partial charge is 0.497 e. The van der Waals surface area contributed by atoms with E-state index in [1.165, 1.54) is 10.7 Å². The van der Waals surface area contributed by atoms with E-state index in [1.807, 2.05) is 54.6 Å². The number of benzene rings is 4. The van der Waals surface area contributed by atoms with Crippen LogP contribution in [0.4, 0.5) is 27.9 Å². The van der Waals surface area contributed by atoms with Gasteiger partial charge >= 0.3 is 6.03 Å². The van der Waals surface area contributed by atoms with Crippen molar-refractivity contribution in [3.8, 4) is 28.9 Å². The Hall–Kier alpha value is -6.10. The molecule has 4 aromatic carbocycles. The number of hydrogen-bond acceptors (Lipinski definition) is 8. The normalized spacial score (nSPS) is 10.7. The van der Waals surface area contributed by atoms with E-state index in [1.54, 1.807) is 55.8 Å². The molecule has 0 radical (unpaired) electrons. The summed E-state index contributed by atoms with van der Waals surface area (Å²) in [4.78, 5) is 21.8. The molecule has 0 fully saturated rings. The van der Waals surface area contributed by atoms with E-state index in [2.05, 4.69) is 31.0 Å². The van der Waals surface area contributed by atoms with Crippen LogP contribution >= 0.6 is 0 Å². The number of methoxy groups -OCH3 is 1. The maximum atomic E-state index is 13.1. The molecule has 0 spiro atoms. The highest BCUT2D eigenvalue weighted by Crippen LogP contribution is 2.34. The minimum atomic E-state index is -0.518. The lowest BCUT2D eigenvalue weighted by molar-refractivity contribution is 0.262. The molecule has 0 aliphatic rings. The number of aromatic nitrogens is 4. The number of urea groups is 1. The molecule has 2 heterocycles. The number of hydrogen-bond donors (Lipinski definition) is 4. The van der Waals surface area contributed by atoms with E-state index in [9.17, 15) is 9.90 Å². The van der Waals surface area contributed by atoms with Crippen LogP contribution in [0.15, 0.2) is 109 Å². The Labute approximate surface area is 240 Å².